The van der Waals surface area contributed by atoms with Gasteiger partial charge < -0.3 is 9.16 Å². The Bertz CT molecular complexity index is 596. The van der Waals surface area contributed by atoms with Crippen LogP contribution in [0.2, 0.25) is 19.6 Å². The number of rotatable bonds is 7. The Labute approximate surface area is 143 Å². The average Bonchev–Trinajstić information content (AvgIpc) is 2.48. The van der Waals surface area contributed by atoms with E-state index in [-0.39, 0.29) is 5.56 Å². The Morgan fingerprint density at radius 1 is 1.12 bits per heavy atom. The van der Waals surface area contributed by atoms with Crippen molar-refractivity contribution in [3.8, 4) is 0 Å². The zero-order valence-corrected chi connectivity index (χ0v) is 14.9. The highest BCUT2D eigenvalue weighted by atomic mass is 28.4. The van der Waals surface area contributed by atoms with Crippen LogP contribution in [0.25, 0.3) is 0 Å². The summed E-state index contributed by atoms with van der Waals surface area (Å²) in [7, 11) is -3.00. The molecule has 9 heteroatoms. The van der Waals surface area contributed by atoms with Crippen molar-refractivity contribution < 1.29 is 35.9 Å². The molecule has 0 fully saturated rings. The molecule has 0 saturated heterocycles. The number of hydrogen-bond donors (Lipinski definition) is 0. The molecule has 0 aliphatic rings. The number of carbonyl (C=O) groups excluding carboxylic acids is 1. The van der Waals surface area contributed by atoms with Crippen molar-refractivity contribution in [2.24, 2.45) is 0 Å². The summed E-state index contributed by atoms with van der Waals surface area (Å²) < 4.78 is 78.8. The van der Waals surface area contributed by atoms with E-state index < -0.39 is 38.6 Å². The summed E-state index contributed by atoms with van der Waals surface area (Å²) in [5.74, 6) is -5.80. The fourth-order valence-corrected chi connectivity index (χ4v) is 3.01. The van der Waals surface area contributed by atoms with E-state index in [9.17, 15) is 26.7 Å². The van der Waals surface area contributed by atoms with E-state index in [2.05, 4.69) is 11.3 Å². The largest absolute Gasteiger partial charge is 0.448 e. The van der Waals surface area contributed by atoms with Crippen LogP contribution in [-0.2, 0) is 14.0 Å². The normalized spacial score (nSPS) is 15.4. The van der Waals surface area contributed by atoms with Crippen molar-refractivity contribution in [3.63, 3.8) is 0 Å². The highest BCUT2D eigenvalue weighted by Gasteiger charge is 2.63. The monoisotopic (exact) mass is 382 g/mol. The quantitative estimate of drug-likeness (QED) is 0.292. The van der Waals surface area contributed by atoms with E-state index in [4.69, 9.17) is 4.43 Å². The van der Waals surface area contributed by atoms with Gasteiger partial charge >= 0.3 is 18.1 Å². The smallest absolute Gasteiger partial charge is 0.419 e. The van der Waals surface area contributed by atoms with E-state index >= 15 is 0 Å². The van der Waals surface area contributed by atoms with Crippen molar-refractivity contribution in [3.05, 3.63) is 48.6 Å². The fraction of sp³-hybridized carbons (Fsp3) is 0.438. The minimum absolute atomic E-state index is 0.281. The molecule has 0 aromatic heterocycles. The third-order valence-corrected chi connectivity index (χ3v) is 3.91. The fourth-order valence-electron chi connectivity index (χ4n) is 2.02. The van der Waals surface area contributed by atoms with Gasteiger partial charge in [0.15, 0.2) is 14.4 Å². The number of alkyl halides is 5. The molecule has 0 aliphatic carbocycles. The Morgan fingerprint density at radius 2 is 1.64 bits per heavy atom. The second-order valence-corrected chi connectivity index (χ2v) is 10.7. The van der Waals surface area contributed by atoms with E-state index in [0.29, 0.717) is 6.08 Å². The van der Waals surface area contributed by atoms with Crippen LogP contribution >= 0.6 is 0 Å². The van der Waals surface area contributed by atoms with Crippen LogP contribution in [0.15, 0.2) is 43.0 Å². The summed E-state index contributed by atoms with van der Waals surface area (Å²) in [5.41, 5.74) is -0.281. The predicted octanol–water partition coefficient (Wildman–Crippen LogP) is 4.87. The summed E-state index contributed by atoms with van der Waals surface area (Å²) in [6.45, 7) is 7.15. The first-order valence-electron chi connectivity index (χ1n) is 7.29. The molecule has 0 bridgehead atoms. The molecule has 0 radical (unpaired) electrons. The number of esters is 1. The van der Waals surface area contributed by atoms with Crippen molar-refractivity contribution in [1.29, 1.82) is 0 Å². The Hall–Kier alpha value is -1.74. The first kappa shape index (κ1) is 21.3. The SMILES string of the molecule is C=CC(=O)OC(c1ccccc1)C(F)(F)C(O[Si](C)(C)C)C(F)(F)F. The van der Waals surface area contributed by atoms with Gasteiger partial charge in [-0.1, -0.05) is 36.9 Å². The topological polar surface area (TPSA) is 35.5 Å². The summed E-state index contributed by atoms with van der Waals surface area (Å²) in [4.78, 5) is 11.4. The van der Waals surface area contributed by atoms with Crippen LogP contribution in [-0.4, -0.2) is 32.5 Å². The molecule has 0 spiro atoms. The number of halogens is 5. The van der Waals surface area contributed by atoms with E-state index in [1.54, 1.807) is 0 Å². The predicted molar refractivity (Wildman–Crippen MR) is 84.7 cm³/mol. The Kier molecular flexibility index (Phi) is 6.52. The molecule has 0 saturated carbocycles. The first-order valence-corrected chi connectivity index (χ1v) is 10.7. The molecular formula is C16H19F5O3Si. The van der Waals surface area contributed by atoms with Gasteiger partial charge in [-0.25, -0.2) is 4.79 Å². The highest BCUT2D eigenvalue weighted by Crippen LogP contribution is 2.45. The number of carbonyl (C=O) groups is 1. The number of benzene rings is 1. The summed E-state index contributed by atoms with van der Waals surface area (Å²) in [6, 6.07) is 6.49. The molecule has 3 nitrogen and oxygen atoms in total. The molecular weight excluding hydrogens is 363 g/mol. The molecule has 0 aliphatic heterocycles. The van der Waals surface area contributed by atoms with Crippen molar-refractivity contribution in [2.45, 2.75) is 43.9 Å². The summed E-state index contributed by atoms with van der Waals surface area (Å²) >= 11 is 0. The molecule has 0 N–H and O–H groups in total. The second kappa shape index (κ2) is 7.65. The molecule has 0 amide bonds. The zero-order chi connectivity index (χ0) is 19.5. The lowest BCUT2D eigenvalue weighted by Gasteiger charge is -2.37. The third-order valence-electron chi connectivity index (χ3n) is 2.97. The van der Waals surface area contributed by atoms with Gasteiger partial charge in [-0.2, -0.15) is 22.0 Å². The van der Waals surface area contributed by atoms with Gasteiger partial charge in [0.25, 0.3) is 0 Å². The van der Waals surface area contributed by atoms with Crippen LogP contribution in [0.4, 0.5) is 22.0 Å². The molecule has 25 heavy (non-hydrogen) atoms. The van der Waals surface area contributed by atoms with Gasteiger partial charge in [0.05, 0.1) is 0 Å². The minimum atomic E-state index is -5.35. The Balaban J connectivity index is 3.40. The lowest BCUT2D eigenvalue weighted by atomic mass is 9.98. The zero-order valence-electron chi connectivity index (χ0n) is 13.9. The molecule has 1 aromatic rings. The molecule has 140 valence electrons. The first-order chi connectivity index (χ1) is 11.3. The van der Waals surface area contributed by atoms with Crippen LogP contribution < -0.4 is 0 Å². The number of ether oxygens (including phenoxy) is 1. The molecule has 1 rings (SSSR count). The van der Waals surface area contributed by atoms with Crippen LogP contribution in [0, 0.1) is 0 Å². The van der Waals surface area contributed by atoms with E-state index in [1.165, 1.54) is 37.8 Å². The average molecular weight is 382 g/mol. The maximum Gasteiger partial charge on any atom is 0.419 e. The number of hydrogen-bond acceptors (Lipinski definition) is 3. The lowest BCUT2D eigenvalue weighted by Crippen LogP contribution is -2.54. The van der Waals surface area contributed by atoms with E-state index in [0.717, 1.165) is 12.1 Å². The minimum Gasteiger partial charge on any atom is -0.448 e. The van der Waals surface area contributed by atoms with Crippen molar-refractivity contribution in [2.75, 3.05) is 0 Å². The van der Waals surface area contributed by atoms with Crippen molar-refractivity contribution in [1.82, 2.24) is 0 Å². The van der Waals surface area contributed by atoms with Crippen LogP contribution in [0.1, 0.15) is 11.7 Å². The van der Waals surface area contributed by atoms with Gasteiger partial charge in [-0.15, -0.1) is 0 Å². The van der Waals surface area contributed by atoms with Gasteiger partial charge in [0.1, 0.15) is 0 Å². The summed E-state index contributed by atoms with van der Waals surface area (Å²) in [5, 5.41) is 0. The van der Waals surface area contributed by atoms with Crippen molar-refractivity contribution >= 4 is 14.3 Å². The van der Waals surface area contributed by atoms with Gasteiger partial charge in [0.2, 0.25) is 6.10 Å². The van der Waals surface area contributed by atoms with Gasteiger partial charge in [-0.05, 0) is 25.2 Å². The second-order valence-electron chi connectivity index (χ2n) is 6.26. The summed E-state index contributed by atoms with van der Waals surface area (Å²) in [6.07, 6.45) is -10.6. The molecule has 0 heterocycles. The van der Waals surface area contributed by atoms with Gasteiger partial charge in [-0.3, -0.25) is 0 Å². The lowest BCUT2D eigenvalue weighted by molar-refractivity contribution is -0.287. The maximum absolute atomic E-state index is 14.8. The maximum atomic E-state index is 14.8. The highest BCUT2D eigenvalue weighted by molar-refractivity contribution is 6.69. The van der Waals surface area contributed by atoms with E-state index in [1.807, 2.05) is 0 Å². The van der Waals surface area contributed by atoms with Crippen LogP contribution in [0.5, 0.6) is 0 Å². The molecule has 1 aromatic carbocycles. The molecule has 2 unspecified atom stereocenters. The molecule has 2 atom stereocenters. The standard InChI is InChI=1S/C16H19F5O3Si/c1-5-12(22)23-13(11-9-7-6-8-10-11)15(17,18)14(16(19,20)21)24-25(2,3)4/h5-10,13-14H,1H2,2-4H3. The van der Waals surface area contributed by atoms with Crippen LogP contribution in [0.3, 0.4) is 0 Å². The van der Waals surface area contributed by atoms with Gasteiger partial charge in [0, 0.05) is 6.08 Å². The Morgan fingerprint density at radius 3 is 2.04 bits per heavy atom. The third kappa shape index (κ3) is 5.93.